The number of rotatable bonds is 6. The van der Waals surface area contributed by atoms with Crippen molar-refractivity contribution >= 4 is 5.97 Å². The molecular formula is C15H19NO4. The van der Waals surface area contributed by atoms with Crippen molar-refractivity contribution in [3.05, 3.63) is 47.3 Å². The van der Waals surface area contributed by atoms with E-state index >= 15 is 0 Å². The molecule has 0 aliphatic rings. The Morgan fingerprint density at radius 2 is 2.25 bits per heavy atom. The summed E-state index contributed by atoms with van der Waals surface area (Å²) in [6.45, 7) is 4.82. The second kappa shape index (κ2) is 6.43. The third kappa shape index (κ3) is 3.11. The lowest BCUT2D eigenvalue weighted by Gasteiger charge is -2.14. The lowest BCUT2D eigenvalue weighted by atomic mass is 10.1. The lowest BCUT2D eigenvalue weighted by molar-refractivity contribution is 0.0562. The van der Waals surface area contributed by atoms with Gasteiger partial charge in [-0.15, -0.1) is 0 Å². The van der Waals surface area contributed by atoms with Gasteiger partial charge in [0, 0.05) is 5.56 Å². The smallest absolute Gasteiger partial charge is 0.373 e. The minimum atomic E-state index is -0.478. The van der Waals surface area contributed by atoms with E-state index in [0.717, 1.165) is 24.3 Å². The second-order valence-electron chi connectivity index (χ2n) is 4.57. The Balaban J connectivity index is 2.26. The highest BCUT2D eigenvalue weighted by atomic mass is 16.5. The molecule has 0 amide bonds. The van der Waals surface area contributed by atoms with Crippen molar-refractivity contribution in [1.29, 1.82) is 0 Å². The second-order valence-corrected chi connectivity index (χ2v) is 4.57. The van der Waals surface area contributed by atoms with E-state index in [2.05, 4.69) is 17.0 Å². The number of hydrogen-bond donors (Lipinski definition) is 1. The molecule has 20 heavy (non-hydrogen) atoms. The van der Waals surface area contributed by atoms with Gasteiger partial charge in [-0.1, -0.05) is 6.92 Å². The van der Waals surface area contributed by atoms with E-state index in [0.29, 0.717) is 5.76 Å². The van der Waals surface area contributed by atoms with Crippen LogP contribution >= 0.6 is 0 Å². The summed E-state index contributed by atoms with van der Waals surface area (Å²) in [6, 6.07) is 5.22. The Bertz CT molecular complexity index is 570. The third-order valence-corrected chi connectivity index (χ3v) is 2.98. The molecule has 2 heterocycles. The molecule has 0 fully saturated rings. The van der Waals surface area contributed by atoms with Crippen LogP contribution in [-0.2, 0) is 4.74 Å². The largest absolute Gasteiger partial charge is 0.469 e. The summed E-state index contributed by atoms with van der Waals surface area (Å²) in [7, 11) is 1.33. The predicted molar refractivity (Wildman–Crippen MR) is 73.6 cm³/mol. The van der Waals surface area contributed by atoms with E-state index < -0.39 is 5.97 Å². The van der Waals surface area contributed by atoms with Crippen molar-refractivity contribution in [1.82, 2.24) is 5.32 Å². The zero-order valence-corrected chi connectivity index (χ0v) is 11.9. The summed E-state index contributed by atoms with van der Waals surface area (Å²) in [6.07, 6.45) is 2.70. The highest BCUT2D eigenvalue weighted by Gasteiger charge is 2.21. The first-order chi connectivity index (χ1) is 9.65. The highest BCUT2D eigenvalue weighted by molar-refractivity contribution is 5.86. The van der Waals surface area contributed by atoms with Crippen molar-refractivity contribution in [2.75, 3.05) is 13.7 Å². The fourth-order valence-corrected chi connectivity index (χ4v) is 2.00. The summed E-state index contributed by atoms with van der Waals surface area (Å²) in [5.41, 5.74) is 0.974. The van der Waals surface area contributed by atoms with Gasteiger partial charge in [-0.05, 0) is 38.1 Å². The number of nitrogens with one attached hydrogen (secondary N) is 1. The molecule has 1 N–H and O–H groups in total. The summed E-state index contributed by atoms with van der Waals surface area (Å²) in [5.74, 6) is 1.22. The minimum absolute atomic E-state index is 0.134. The average Bonchev–Trinajstić information content (AvgIpc) is 3.08. The van der Waals surface area contributed by atoms with Crippen LogP contribution in [-0.4, -0.2) is 19.6 Å². The van der Waals surface area contributed by atoms with Crippen LogP contribution in [0.1, 0.15) is 47.0 Å². The van der Waals surface area contributed by atoms with E-state index in [-0.39, 0.29) is 11.8 Å². The standard InChI is InChI=1S/C15H19NO4/c1-4-7-16-14(11-8-10(2)19-9-11)12-5-6-13(20-12)15(17)18-3/h5-6,8-9,14,16H,4,7H2,1-3H3. The number of aryl methyl sites for hydroxylation is 1. The van der Waals surface area contributed by atoms with Crippen LogP contribution in [0.15, 0.2) is 33.3 Å². The molecule has 5 nitrogen and oxygen atoms in total. The van der Waals surface area contributed by atoms with Crippen LogP contribution in [0.2, 0.25) is 0 Å². The van der Waals surface area contributed by atoms with Gasteiger partial charge >= 0.3 is 5.97 Å². The van der Waals surface area contributed by atoms with Crippen LogP contribution in [0, 0.1) is 6.92 Å². The lowest BCUT2D eigenvalue weighted by Crippen LogP contribution is -2.22. The molecule has 5 heteroatoms. The third-order valence-electron chi connectivity index (χ3n) is 2.98. The summed E-state index contributed by atoms with van der Waals surface area (Å²) >= 11 is 0. The molecule has 0 aliphatic heterocycles. The minimum Gasteiger partial charge on any atom is -0.469 e. The SMILES string of the molecule is CCCNC(c1coc(C)c1)c1ccc(C(=O)OC)o1. The Morgan fingerprint density at radius 1 is 1.45 bits per heavy atom. The van der Waals surface area contributed by atoms with Gasteiger partial charge in [0.05, 0.1) is 19.4 Å². The number of carbonyl (C=O) groups excluding carboxylic acids is 1. The maximum Gasteiger partial charge on any atom is 0.373 e. The molecule has 2 rings (SSSR count). The Labute approximate surface area is 117 Å². The van der Waals surface area contributed by atoms with Gasteiger partial charge in [0.15, 0.2) is 0 Å². The molecule has 0 spiro atoms. The van der Waals surface area contributed by atoms with Crippen molar-refractivity contribution in [3.8, 4) is 0 Å². The molecule has 1 unspecified atom stereocenters. The van der Waals surface area contributed by atoms with E-state index in [1.165, 1.54) is 7.11 Å². The van der Waals surface area contributed by atoms with Crippen LogP contribution in [0.3, 0.4) is 0 Å². The molecular weight excluding hydrogens is 258 g/mol. The maximum absolute atomic E-state index is 11.4. The molecule has 0 saturated heterocycles. The van der Waals surface area contributed by atoms with Crippen molar-refractivity contribution in [2.45, 2.75) is 26.3 Å². The van der Waals surface area contributed by atoms with Crippen molar-refractivity contribution < 1.29 is 18.4 Å². The quantitative estimate of drug-likeness (QED) is 0.822. The fraction of sp³-hybridized carbons (Fsp3) is 0.400. The first kappa shape index (κ1) is 14.4. The number of carbonyl (C=O) groups is 1. The Hall–Kier alpha value is -2.01. The van der Waals surface area contributed by atoms with Gasteiger partial charge in [0.1, 0.15) is 11.5 Å². The molecule has 2 aromatic rings. The van der Waals surface area contributed by atoms with Crippen LogP contribution in [0.4, 0.5) is 0 Å². The topological polar surface area (TPSA) is 64.6 Å². The number of hydrogen-bond acceptors (Lipinski definition) is 5. The van der Waals surface area contributed by atoms with Crippen molar-refractivity contribution in [2.24, 2.45) is 0 Å². The molecule has 0 saturated carbocycles. The monoisotopic (exact) mass is 277 g/mol. The molecule has 108 valence electrons. The number of esters is 1. The Kier molecular flexibility index (Phi) is 4.63. The fourth-order valence-electron chi connectivity index (χ4n) is 2.00. The summed E-state index contributed by atoms with van der Waals surface area (Å²) in [4.78, 5) is 11.4. The van der Waals surface area contributed by atoms with Gasteiger partial charge in [-0.2, -0.15) is 0 Å². The van der Waals surface area contributed by atoms with Gasteiger partial charge in [-0.3, -0.25) is 0 Å². The van der Waals surface area contributed by atoms with Gasteiger partial charge in [0.2, 0.25) is 5.76 Å². The zero-order valence-electron chi connectivity index (χ0n) is 11.9. The first-order valence-corrected chi connectivity index (χ1v) is 6.62. The van der Waals surface area contributed by atoms with E-state index in [4.69, 9.17) is 8.83 Å². The molecule has 0 bridgehead atoms. The van der Waals surface area contributed by atoms with Gasteiger partial charge in [0.25, 0.3) is 0 Å². The van der Waals surface area contributed by atoms with Crippen LogP contribution < -0.4 is 5.32 Å². The molecule has 0 aliphatic carbocycles. The molecule has 0 aromatic carbocycles. The van der Waals surface area contributed by atoms with E-state index in [9.17, 15) is 4.79 Å². The van der Waals surface area contributed by atoms with Crippen LogP contribution in [0.5, 0.6) is 0 Å². The van der Waals surface area contributed by atoms with Gasteiger partial charge in [-0.25, -0.2) is 4.79 Å². The molecule has 2 aromatic heterocycles. The normalized spacial score (nSPS) is 12.3. The maximum atomic E-state index is 11.4. The van der Waals surface area contributed by atoms with E-state index in [1.54, 1.807) is 18.4 Å². The zero-order chi connectivity index (χ0) is 14.5. The number of ether oxygens (including phenoxy) is 1. The van der Waals surface area contributed by atoms with Crippen LogP contribution in [0.25, 0.3) is 0 Å². The summed E-state index contributed by atoms with van der Waals surface area (Å²) in [5, 5.41) is 3.38. The van der Waals surface area contributed by atoms with E-state index in [1.807, 2.05) is 13.0 Å². The number of methoxy groups -OCH3 is 1. The molecule has 0 radical (unpaired) electrons. The number of furan rings is 2. The molecule has 1 atom stereocenters. The first-order valence-electron chi connectivity index (χ1n) is 6.62. The Morgan fingerprint density at radius 3 is 2.85 bits per heavy atom. The van der Waals surface area contributed by atoms with Crippen molar-refractivity contribution in [3.63, 3.8) is 0 Å². The highest BCUT2D eigenvalue weighted by Crippen LogP contribution is 2.26. The summed E-state index contributed by atoms with van der Waals surface area (Å²) < 4.78 is 15.6. The van der Waals surface area contributed by atoms with Gasteiger partial charge < -0.3 is 18.9 Å². The average molecular weight is 277 g/mol. The predicted octanol–water partition coefficient (Wildman–Crippen LogP) is 3.06.